The number of benzene rings is 1. The number of rotatable bonds is 5. The lowest BCUT2D eigenvalue weighted by Gasteiger charge is -2.16. The van der Waals surface area contributed by atoms with Crippen molar-refractivity contribution in [3.63, 3.8) is 0 Å². The highest BCUT2D eigenvalue weighted by atomic mass is 32.2. The quantitative estimate of drug-likeness (QED) is 0.724. The molecule has 1 aliphatic rings. The Morgan fingerprint density at radius 2 is 1.85 bits per heavy atom. The number of amidine groups is 1. The first-order valence-electron chi connectivity index (χ1n) is 7.55. The zero-order chi connectivity index (χ0) is 19.8. The Morgan fingerprint density at radius 3 is 2.37 bits per heavy atom. The zero-order valence-electron chi connectivity index (χ0n) is 14.6. The molecule has 2 heterocycles. The molecule has 0 radical (unpaired) electrons. The van der Waals surface area contributed by atoms with Crippen LogP contribution in [0.25, 0.3) is 11.1 Å². The van der Waals surface area contributed by atoms with E-state index in [1.807, 2.05) is 0 Å². The number of nitrogens with two attached hydrogens (primary N) is 1. The van der Waals surface area contributed by atoms with Crippen LogP contribution in [0.5, 0.6) is 0 Å². The minimum atomic E-state index is -3.48. The normalized spacial score (nSPS) is 16.0. The third-order valence-corrected chi connectivity index (χ3v) is 6.04. The fourth-order valence-electron chi connectivity index (χ4n) is 2.42. The van der Waals surface area contributed by atoms with E-state index in [0.717, 1.165) is 10.6 Å². The molecule has 0 aliphatic carbocycles. The molecule has 0 bridgehead atoms. The largest absolute Gasteiger partial charge is 0.256 e. The number of aliphatic imine (C=N–C) groups is 1. The molecule has 1 aromatic heterocycles. The van der Waals surface area contributed by atoms with E-state index in [2.05, 4.69) is 31.1 Å². The van der Waals surface area contributed by atoms with Gasteiger partial charge in [-0.15, -0.1) is 5.11 Å². The number of azo groups is 1. The van der Waals surface area contributed by atoms with Gasteiger partial charge >= 0.3 is 0 Å². The first kappa shape index (κ1) is 19.1. The summed E-state index contributed by atoms with van der Waals surface area (Å²) in [6.07, 6.45) is 3.97. The molecule has 27 heavy (non-hydrogen) atoms. The summed E-state index contributed by atoms with van der Waals surface area (Å²) in [5.41, 5.74) is 1.57. The molecule has 0 saturated carbocycles. The Balaban J connectivity index is 2.16. The highest BCUT2D eigenvalue weighted by Gasteiger charge is 2.22. The molecule has 10 nitrogen and oxygen atoms in total. The predicted octanol–water partition coefficient (Wildman–Crippen LogP) is 0.658. The summed E-state index contributed by atoms with van der Waals surface area (Å²) in [5.74, 6) is 3.86. The number of sulfonamides is 1. The maximum Gasteiger partial charge on any atom is 0.238 e. The molecule has 0 fully saturated rings. The number of anilines is 1. The molecule has 2 N–H and O–H groups in total. The van der Waals surface area contributed by atoms with Crippen LogP contribution in [0.3, 0.4) is 0 Å². The average molecular weight is 407 g/mol. The van der Waals surface area contributed by atoms with Crippen LogP contribution in [0.2, 0.25) is 0 Å². The maximum atomic E-state index is 12.4. The molecule has 1 aromatic carbocycles. The lowest BCUT2D eigenvalue weighted by Crippen LogP contribution is -2.26. The zero-order valence-corrected chi connectivity index (χ0v) is 16.2. The van der Waals surface area contributed by atoms with Crippen molar-refractivity contribution < 1.29 is 12.6 Å². The van der Waals surface area contributed by atoms with Gasteiger partial charge in [0.1, 0.15) is 0 Å². The van der Waals surface area contributed by atoms with Crippen LogP contribution in [0, 0.1) is 0 Å². The second-order valence-electron chi connectivity index (χ2n) is 5.77. The van der Waals surface area contributed by atoms with Gasteiger partial charge in [0.25, 0.3) is 0 Å². The SMILES string of the molecule is C=S(N)(=O)c1cccc(-c2cnc(N(C)S(C)(=O)=O)nc2)c1C1=NCN=N1. The summed E-state index contributed by atoms with van der Waals surface area (Å²) in [7, 11) is -5.18. The fourth-order valence-corrected chi connectivity index (χ4v) is 3.67. The Hall–Kier alpha value is -2.70. The molecule has 1 unspecified atom stereocenters. The minimum absolute atomic E-state index is 0.0247. The summed E-state index contributed by atoms with van der Waals surface area (Å²) in [6.45, 7) is 0.167. The Labute approximate surface area is 157 Å². The van der Waals surface area contributed by atoms with E-state index in [1.54, 1.807) is 18.2 Å². The van der Waals surface area contributed by atoms with Crippen LogP contribution in [-0.4, -0.2) is 54.3 Å². The van der Waals surface area contributed by atoms with Gasteiger partial charge in [0.15, 0.2) is 12.5 Å². The number of aromatic nitrogens is 2. The van der Waals surface area contributed by atoms with Crippen molar-refractivity contribution in [2.24, 2.45) is 20.4 Å². The van der Waals surface area contributed by atoms with E-state index in [4.69, 9.17) is 5.14 Å². The summed E-state index contributed by atoms with van der Waals surface area (Å²) in [5, 5.41) is 13.6. The number of nitrogens with zero attached hydrogens (tertiary/aromatic N) is 6. The lowest BCUT2D eigenvalue weighted by atomic mass is 10.0. The summed E-state index contributed by atoms with van der Waals surface area (Å²) in [6, 6.07) is 5.02. The second-order valence-corrected chi connectivity index (χ2v) is 9.68. The lowest BCUT2D eigenvalue weighted by molar-refractivity contribution is 0.599. The van der Waals surface area contributed by atoms with Gasteiger partial charge in [-0.25, -0.2) is 31.9 Å². The molecule has 1 aliphatic heterocycles. The standard InChI is InChI=1S/C15H17N7O3S2/c1-22(27(3,24)25)15-17-7-10(8-18-15)11-5-4-6-12(26(2,16)23)13(11)14-19-9-20-21-14/h4-8H,2,9H2,1,3H3,(H2,16,23). The van der Waals surface area contributed by atoms with Crippen LogP contribution in [0.4, 0.5) is 5.95 Å². The van der Waals surface area contributed by atoms with Gasteiger partial charge in [0.2, 0.25) is 16.0 Å². The van der Waals surface area contributed by atoms with Crippen molar-refractivity contribution in [3.05, 3.63) is 36.2 Å². The monoisotopic (exact) mass is 407 g/mol. The highest BCUT2D eigenvalue weighted by Crippen LogP contribution is 2.30. The van der Waals surface area contributed by atoms with Crippen molar-refractivity contribution in [1.82, 2.24) is 9.97 Å². The van der Waals surface area contributed by atoms with Crippen LogP contribution >= 0.6 is 0 Å². The van der Waals surface area contributed by atoms with Gasteiger partial charge in [0.05, 0.1) is 20.9 Å². The minimum Gasteiger partial charge on any atom is -0.256 e. The molecule has 0 spiro atoms. The number of hydrogen-bond donors (Lipinski definition) is 1. The van der Waals surface area contributed by atoms with Crippen molar-refractivity contribution in [2.75, 3.05) is 24.3 Å². The fraction of sp³-hybridized carbons (Fsp3) is 0.200. The molecule has 2 aromatic rings. The van der Waals surface area contributed by atoms with Gasteiger partial charge in [-0.2, -0.15) is 5.11 Å². The van der Waals surface area contributed by atoms with Crippen molar-refractivity contribution in [2.45, 2.75) is 4.90 Å². The third-order valence-electron chi connectivity index (χ3n) is 3.80. The highest BCUT2D eigenvalue weighted by molar-refractivity contribution is 7.98. The molecular formula is C15H17N7O3S2. The van der Waals surface area contributed by atoms with Crippen LogP contribution in [0.1, 0.15) is 5.56 Å². The molecule has 0 saturated heterocycles. The van der Waals surface area contributed by atoms with Crippen molar-refractivity contribution >= 4 is 37.4 Å². The van der Waals surface area contributed by atoms with Gasteiger partial charge < -0.3 is 0 Å². The second kappa shape index (κ2) is 6.79. The molecule has 12 heteroatoms. The van der Waals surface area contributed by atoms with Gasteiger partial charge in [-0.05, 0) is 17.5 Å². The van der Waals surface area contributed by atoms with Gasteiger partial charge in [-0.1, -0.05) is 12.1 Å². The van der Waals surface area contributed by atoms with E-state index in [9.17, 15) is 12.6 Å². The smallest absolute Gasteiger partial charge is 0.238 e. The maximum absolute atomic E-state index is 12.4. The molecule has 142 valence electrons. The Bertz CT molecular complexity index is 1150. The van der Waals surface area contributed by atoms with Gasteiger partial charge in [-0.3, -0.25) is 5.14 Å². The van der Waals surface area contributed by atoms with E-state index in [1.165, 1.54) is 19.4 Å². The van der Waals surface area contributed by atoms with Crippen LogP contribution in [0.15, 0.2) is 50.7 Å². The Morgan fingerprint density at radius 1 is 1.19 bits per heavy atom. The first-order valence-corrected chi connectivity index (χ1v) is 11.2. The third kappa shape index (κ3) is 3.86. The number of hydrogen-bond acceptors (Lipinski definition) is 8. The van der Waals surface area contributed by atoms with E-state index < -0.39 is 19.7 Å². The topological polar surface area (TPSA) is 143 Å². The summed E-state index contributed by atoms with van der Waals surface area (Å²) in [4.78, 5) is 12.7. The predicted molar refractivity (Wildman–Crippen MR) is 105 cm³/mol. The molecule has 3 rings (SSSR count). The van der Waals surface area contributed by atoms with E-state index >= 15 is 0 Å². The van der Waals surface area contributed by atoms with Crippen molar-refractivity contribution in [3.8, 4) is 11.1 Å². The van der Waals surface area contributed by atoms with Crippen LogP contribution in [-0.2, 0) is 19.7 Å². The first-order chi connectivity index (χ1) is 12.6. The van der Waals surface area contributed by atoms with Crippen molar-refractivity contribution in [1.29, 1.82) is 0 Å². The molecular weight excluding hydrogens is 390 g/mol. The summed E-state index contributed by atoms with van der Waals surface area (Å²) < 4.78 is 36.7. The average Bonchev–Trinajstić information content (AvgIpc) is 3.13. The van der Waals surface area contributed by atoms with Crippen LogP contribution < -0.4 is 9.44 Å². The van der Waals surface area contributed by atoms with E-state index in [-0.39, 0.29) is 17.5 Å². The summed E-state index contributed by atoms with van der Waals surface area (Å²) >= 11 is 0. The Kier molecular flexibility index (Phi) is 4.80. The molecule has 1 atom stereocenters. The molecule has 0 amide bonds. The van der Waals surface area contributed by atoms with E-state index in [0.29, 0.717) is 22.5 Å². The van der Waals surface area contributed by atoms with Gasteiger partial charge in [0, 0.05) is 30.6 Å².